The molecule has 20 heavy (non-hydrogen) atoms. The van der Waals surface area contributed by atoms with E-state index in [4.69, 9.17) is 16.3 Å². The molecule has 0 aliphatic carbocycles. The largest absolute Gasteiger partial charge is 0.484 e. The van der Waals surface area contributed by atoms with Crippen molar-refractivity contribution in [1.29, 1.82) is 0 Å². The van der Waals surface area contributed by atoms with Gasteiger partial charge in [0.15, 0.2) is 6.61 Å². The van der Waals surface area contributed by atoms with Crippen LogP contribution in [-0.2, 0) is 4.79 Å². The van der Waals surface area contributed by atoms with Crippen molar-refractivity contribution in [3.8, 4) is 5.75 Å². The number of halogens is 1. The Morgan fingerprint density at radius 3 is 2.30 bits per heavy atom. The number of carbonyl (C=O) groups excluding carboxylic acids is 1. The molecule has 0 spiro atoms. The Hall–Kier alpha value is -1.55. The third-order valence-corrected chi connectivity index (χ3v) is 3.53. The summed E-state index contributed by atoms with van der Waals surface area (Å²) in [4.78, 5) is 11.6. The highest BCUT2D eigenvalue weighted by Crippen LogP contribution is 2.25. The smallest absolute Gasteiger partial charge is 0.277 e. The fourth-order valence-electron chi connectivity index (χ4n) is 1.72. The van der Waals surface area contributed by atoms with Crippen molar-refractivity contribution in [3.05, 3.63) is 28.3 Å². The molecule has 0 aliphatic heterocycles. The summed E-state index contributed by atoms with van der Waals surface area (Å²) < 4.78 is 5.44. The average molecular weight is 297 g/mol. The van der Waals surface area contributed by atoms with Crippen molar-refractivity contribution in [3.63, 3.8) is 0 Å². The normalized spacial score (nSPS) is 10.1. The van der Waals surface area contributed by atoms with Crippen LogP contribution in [0.2, 0.25) is 5.02 Å². The van der Waals surface area contributed by atoms with Gasteiger partial charge >= 0.3 is 0 Å². The maximum Gasteiger partial charge on any atom is 0.277 e. The predicted molar refractivity (Wildman–Crippen MR) is 82.6 cm³/mol. The third kappa shape index (κ3) is 4.85. The monoisotopic (exact) mass is 296 g/mol. The van der Waals surface area contributed by atoms with E-state index in [0.717, 1.165) is 34.7 Å². The zero-order valence-electron chi connectivity index (χ0n) is 12.4. The van der Waals surface area contributed by atoms with Gasteiger partial charge in [0.1, 0.15) is 5.75 Å². The van der Waals surface area contributed by atoms with Crippen LogP contribution in [0.3, 0.4) is 0 Å². The zero-order valence-corrected chi connectivity index (χ0v) is 13.2. The molecule has 110 valence electrons. The van der Waals surface area contributed by atoms with Gasteiger partial charge in [-0.25, -0.2) is 5.43 Å². The second-order valence-electron chi connectivity index (χ2n) is 4.58. The topological polar surface area (TPSA) is 50.7 Å². The first kappa shape index (κ1) is 16.5. The molecule has 0 aromatic heterocycles. The van der Waals surface area contributed by atoms with E-state index in [1.54, 1.807) is 0 Å². The number of nitrogens with one attached hydrogen (secondary N) is 1. The molecule has 1 N–H and O–H groups in total. The van der Waals surface area contributed by atoms with Crippen LogP contribution >= 0.6 is 11.6 Å². The Labute approximate surface area is 125 Å². The fourth-order valence-corrected chi connectivity index (χ4v) is 1.83. The SMILES string of the molecule is CCC(CC)=NNC(=O)COc1cc(C)c(Cl)c(C)c1. The summed E-state index contributed by atoms with van der Waals surface area (Å²) in [6, 6.07) is 3.63. The van der Waals surface area contributed by atoms with Gasteiger partial charge in [0.05, 0.1) is 0 Å². The van der Waals surface area contributed by atoms with Gasteiger partial charge in [-0.05, 0) is 49.9 Å². The van der Waals surface area contributed by atoms with E-state index in [-0.39, 0.29) is 12.5 Å². The summed E-state index contributed by atoms with van der Waals surface area (Å²) in [6.45, 7) is 7.75. The fraction of sp³-hybridized carbons (Fsp3) is 0.467. The van der Waals surface area contributed by atoms with Gasteiger partial charge in [0.2, 0.25) is 0 Å². The van der Waals surface area contributed by atoms with Crippen LogP contribution < -0.4 is 10.2 Å². The number of hydrogen-bond acceptors (Lipinski definition) is 3. The molecule has 1 amide bonds. The minimum atomic E-state index is -0.269. The number of rotatable bonds is 6. The van der Waals surface area contributed by atoms with E-state index in [1.807, 2.05) is 39.8 Å². The molecule has 0 heterocycles. The van der Waals surface area contributed by atoms with Crippen LogP contribution in [0.1, 0.15) is 37.8 Å². The molecule has 0 unspecified atom stereocenters. The minimum absolute atomic E-state index is 0.0648. The van der Waals surface area contributed by atoms with E-state index in [1.165, 1.54) is 0 Å². The van der Waals surface area contributed by atoms with Crippen molar-refractivity contribution in [2.75, 3.05) is 6.61 Å². The van der Waals surface area contributed by atoms with Crippen molar-refractivity contribution >= 4 is 23.2 Å². The van der Waals surface area contributed by atoms with Crippen LogP contribution in [0.25, 0.3) is 0 Å². The number of hydrazone groups is 1. The number of hydrogen-bond donors (Lipinski definition) is 1. The van der Waals surface area contributed by atoms with Crippen LogP contribution in [0, 0.1) is 13.8 Å². The van der Waals surface area contributed by atoms with Gasteiger partial charge in [-0.1, -0.05) is 25.4 Å². The quantitative estimate of drug-likeness (QED) is 0.644. The van der Waals surface area contributed by atoms with Crippen molar-refractivity contribution < 1.29 is 9.53 Å². The molecule has 1 aromatic rings. The second-order valence-corrected chi connectivity index (χ2v) is 4.96. The molecule has 0 fully saturated rings. The molecule has 1 rings (SSSR count). The highest BCUT2D eigenvalue weighted by atomic mass is 35.5. The Balaban J connectivity index is 2.55. The number of carbonyl (C=O) groups is 1. The molecule has 4 nitrogen and oxygen atoms in total. The first-order chi connectivity index (χ1) is 9.47. The summed E-state index contributed by atoms with van der Waals surface area (Å²) in [5, 5.41) is 4.76. The number of amides is 1. The Bertz CT molecular complexity index is 484. The van der Waals surface area contributed by atoms with Gasteiger partial charge in [0, 0.05) is 10.7 Å². The molecule has 0 radical (unpaired) electrons. The highest BCUT2D eigenvalue weighted by molar-refractivity contribution is 6.32. The van der Waals surface area contributed by atoms with Crippen LogP contribution in [-0.4, -0.2) is 18.2 Å². The van der Waals surface area contributed by atoms with Gasteiger partial charge in [0.25, 0.3) is 5.91 Å². The van der Waals surface area contributed by atoms with Crippen LogP contribution in [0.4, 0.5) is 0 Å². The minimum Gasteiger partial charge on any atom is -0.484 e. The predicted octanol–water partition coefficient (Wildman–Crippen LogP) is 3.63. The molecule has 0 aliphatic rings. The Morgan fingerprint density at radius 2 is 1.80 bits per heavy atom. The van der Waals surface area contributed by atoms with Gasteiger partial charge in [-0.3, -0.25) is 4.79 Å². The molecule has 0 saturated carbocycles. The maximum atomic E-state index is 11.6. The van der Waals surface area contributed by atoms with E-state index in [9.17, 15) is 4.79 Å². The van der Waals surface area contributed by atoms with E-state index in [2.05, 4.69) is 10.5 Å². The second kappa shape index (κ2) is 7.90. The lowest BCUT2D eigenvalue weighted by atomic mass is 10.1. The van der Waals surface area contributed by atoms with Gasteiger partial charge in [-0.2, -0.15) is 5.10 Å². The molecule has 1 aromatic carbocycles. The van der Waals surface area contributed by atoms with Crippen molar-refractivity contribution in [1.82, 2.24) is 5.43 Å². The van der Waals surface area contributed by atoms with Crippen LogP contribution in [0.5, 0.6) is 5.75 Å². The number of aryl methyl sites for hydroxylation is 2. The average Bonchev–Trinajstić information content (AvgIpc) is 2.43. The lowest BCUT2D eigenvalue weighted by Crippen LogP contribution is -2.25. The number of nitrogens with zero attached hydrogens (tertiary/aromatic N) is 1. The Morgan fingerprint density at radius 1 is 1.25 bits per heavy atom. The van der Waals surface area contributed by atoms with Gasteiger partial charge < -0.3 is 4.74 Å². The van der Waals surface area contributed by atoms with E-state index in [0.29, 0.717) is 5.75 Å². The number of benzene rings is 1. The summed E-state index contributed by atoms with van der Waals surface area (Å²) in [5.41, 5.74) is 5.31. The van der Waals surface area contributed by atoms with Gasteiger partial charge in [-0.15, -0.1) is 0 Å². The van der Waals surface area contributed by atoms with Crippen molar-refractivity contribution in [2.24, 2.45) is 5.10 Å². The summed E-state index contributed by atoms with van der Waals surface area (Å²) in [7, 11) is 0. The molecule has 0 bridgehead atoms. The van der Waals surface area contributed by atoms with E-state index >= 15 is 0 Å². The van der Waals surface area contributed by atoms with Crippen LogP contribution in [0.15, 0.2) is 17.2 Å². The molecular formula is C15H21ClN2O2. The molecule has 5 heteroatoms. The zero-order chi connectivity index (χ0) is 15.1. The standard InChI is InChI=1S/C15H21ClN2O2/c1-5-12(6-2)17-18-14(19)9-20-13-7-10(3)15(16)11(4)8-13/h7-8H,5-6,9H2,1-4H3,(H,18,19). The molecule has 0 saturated heterocycles. The van der Waals surface area contributed by atoms with E-state index < -0.39 is 0 Å². The third-order valence-electron chi connectivity index (χ3n) is 2.93. The molecule has 0 atom stereocenters. The lowest BCUT2D eigenvalue weighted by molar-refractivity contribution is -0.123. The first-order valence-corrected chi connectivity index (χ1v) is 7.09. The highest BCUT2D eigenvalue weighted by Gasteiger charge is 2.06. The Kier molecular flexibility index (Phi) is 6.52. The maximum absolute atomic E-state index is 11.6. The van der Waals surface area contributed by atoms with Crippen molar-refractivity contribution in [2.45, 2.75) is 40.5 Å². The lowest BCUT2D eigenvalue weighted by Gasteiger charge is -2.09. The number of ether oxygens (including phenoxy) is 1. The summed E-state index contributed by atoms with van der Waals surface area (Å²) in [6.07, 6.45) is 1.65. The first-order valence-electron chi connectivity index (χ1n) is 6.71. The molecular weight excluding hydrogens is 276 g/mol. The summed E-state index contributed by atoms with van der Waals surface area (Å²) >= 11 is 6.08. The summed E-state index contributed by atoms with van der Waals surface area (Å²) in [5.74, 6) is 0.365.